The van der Waals surface area contributed by atoms with Gasteiger partial charge in [-0.05, 0) is 38.3 Å². The quantitative estimate of drug-likeness (QED) is 0.517. The van der Waals surface area contributed by atoms with Gasteiger partial charge in [0, 0.05) is 30.6 Å². The van der Waals surface area contributed by atoms with E-state index in [2.05, 4.69) is 10.2 Å². The molecule has 0 N–H and O–H groups in total. The number of aromatic nitrogens is 2. The number of esters is 1. The molecule has 0 radical (unpaired) electrons. The molecule has 166 valence electrons. The Morgan fingerprint density at radius 3 is 2.44 bits per heavy atom. The van der Waals surface area contributed by atoms with Gasteiger partial charge in [-0.25, -0.2) is 0 Å². The molecule has 1 unspecified atom stereocenters. The number of ether oxygens (including phenoxy) is 1. The van der Waals surface area contributed by atoms with Crippen molar-refractivity contribution >= 4 is 11.9 Å². The predicted molar refractivity (Wildman–Crippen MR) is 118 cm³/mol. The van der Waals surface area contributed by atoms with Gasteiger partial charge in [0.1, 0.15) is 0 Å². The van der Waals surface area contributed by atoms with Crippen molar-refractivity contribution in [3.8, 4) is 11.5 Å². The van der Waals surface area contributed by atoms with E-state index in [4.69, 9.17) is 9.15 Å². The third kappa shape index (κ3) is 5.41. The highest BCUT2D eigenvalue weighted by Gasteiger charge is 2.30. The van der Waals surface area contributed by atoms with Gasteiger partial charge in [-0.15, -0.1) is 10.2 Å². The third-order valence-electron chi connectivity index (χ3n) is 5.55. The van der Waals surface area contributed by atoms with Crippen LogP contribution in [0.2, 0.25) is 0 Å². The van der Waals surface area contributed by atoms with Crippen LogP contribution < -0.4 is 0 Å². The maximum Gasteiger partial charge on any atom is 0.307 e. The van der Waals surface area contributed by atoms with Crippen LogP contribution in [0.4, 0.5) is 0 Å². The number of carbonyl (C=O) groups is 2. The van der Waals surface area contributed by atoms with E-state index in [1.807, 2.05) is 61.5 Å². The number of carbonyl (C=O) groups excluding carboxylic acids is 2. The minimum absolute atomic E-state index is 0.0478. The number of rotatable bonds is 7. The second-order valence-corrected chi connectivity index (χ2v) is 8.03. The fourth-order valence-corrected chi connectivity index (χ4v) is 3.74. The average molecular weight is 434 g/mol. The number of amides is 1. The first-order chi connectivity index (χ1) is 15.6. The molecule has 2 heterocycles. The molecular formula is C25H27N3O4. The van der Waals surface area contributed by atoms with Crippen LogP contribution in [-0.2, 0) is 20.7 Å². The number of nitrogens with zero attached hydrogens (tertiary/aromatic N) is 3. The van der Waals surface area contributed by atoms with E-state index < -0.39 is 12.1 Å². The first-order valence-electron chi connectivity index (χ1n) is 11.0. The Labute approximate surface area is 187 Å². The molecule has 1 amide bonds. The van der Waals surface area contributed by atoms with Crippen molar-refractivity contribution in [1.82, 2.24) is 15.1 Å². The zero-order chi connectivity index (χ0) is 22.3. The van der Waals surface area contributed by atoms with E-state index in [1.165, 1.54) is 0 Å². The molecule has 1 aliphatic rings. The molecule has 0 saturated carbocycles. The molecule has 1 aliphatic heterocycles. The Kier molecular flexibility index (Phi) is 6.94. The predicted octanol–water partition coefficient (Wildman–Crippen LogP) is 4.27. The monoisotopic (exact) mass is 433 g/mol. The minimum Gasteiger partial charge on any atom is -0.447 e. The first kappa shape index (κ1) is 21.7. The lowest BCUT2D eigenvalue weighted by atomic mass is 10.1. The van der Waals surface area contributed by atoms with Gasteiger partial charge >= 0.3 is 5.97 Å². The number of hydrogen-bond acceptors (Lipinski definition) is 6. The maximum atomic E-state index is 13.1. The number of likely N-dealkylation sites (tertiary alicyclic amines) is 1. The topological polar surface area (TPSA) is 85.5 Å². The third-order valence-corrected chi connectivity index (χ3v) is 5.55. The van der Waals surface area contributed by atoms with E-state index in [0.29, 0.717) is 30.4 Å². The lowest BCUT2D eigenvalue weighted by Gasteiger charge is -2.30. The fourth-order valence-electron chi connectivity index (χ4n) is 3.74. The highest BCUT2D eigenvalue weighted by molar-refractivity contribution is 5.85. The number of piperidine rings is 1. The summed E-state index contributed by atoms with van der Waals surface area (Å²) in [6.45, 7) is 3.40. The fraction of sp³-hybridized carbons (Fsp3) is 0.360. The van der Waals surface area contributed by atoms with Crippen LogP contribution in [-0.4, -0.2) is 40.1 Å². The Morgan fingerprint density at radius 2 is 1.72 bits per heavy atom. The molecule has 1 saturated heterocycles. The van der Waals surface area contributed by atoms with E-state index in [-0.39, 0.29) is 18.7 Å². The van der Waals surface area contributed by atoms with Crippen molar-refractivity contribution in [2.24, 2.45) is 0 Å². The highest BCUT2D eigenvalue weighted by Crippen LogP contribution is 2.24. The van der Waals surface area contributed by atoms with Crippen molar-refractivity contribution in [3.05, 3.63) is 71.6 Å². The number of benzene rings is 2. The second kappa shape index (κ2) is 10.2. The van der Waals surface area contributed by atoms with Crippen LogP contribution in [0.15, 0.2) is 59.0 Å². The standard InChI is InChI=1S/C25H27N3O4/c1-18-10-12-20(13-11-18)24-27-26-21(31-24)14-15-22(29)32-23(19-8-4-2-5-9-19)25(30)28-16-6-3-7-17-28/h2,4-5,8-13,23H,3,6-7,14-17H2,1H3. The molecule has 7 nitrogen and oxygen atoms in total. The summed E-state index contributed by atoms with van der Waals surface area (Å²) in [6.07, 6.45) is 2.42. The van der Waals surface area contributed by atoms with E-state index in [1.54, 1.807) is 4.90 Å². The SMILES string of the molecule is Cc1ccc(-c2nnc(CCC(=O)OC(C(=O)N3CCCCC3)c3ccccc3)o2)cc1. The van der Waals surface area contributed by atoms with Gasteiger partial charge < -0.3 is 14.1 Å². The van der Waals surface area contributed by atoms with Crippen molar-refractivity contribution < 1.29 is 18.7 Å². The van der Waals surface area contributed by atoms with Crippen LogP contribution >= 0.6 is 0 Å². The largest absolute Gasteiger partial charge is 0.447 e. The summed E-state index contributed by atoms with van der Waals surface area (Å²) in [5, 5.41) is 8.10. The lowest BCUT2D eigenvalue weighted by molar-refractivity contribution is -0.161. The van der Waals surface area contributed by atoms with Crippen LogP contribution in [0, 0.1) is 6.92 Å². The average Bonchev–Trinajstić information content (AvgIpc) is 3.31. The Morgan fingerprint density at radius 1 is 1.00 bits per heavy atom. The number of hydrogen-bond donors (Lipinski definition) is 0. The van der Waals surface area contributed by atoms with Crippen LogP contribution in [0.5, 0.6) is 0 Å². The highest BCUT2D eigenvalue weighted by atomic mass is 16.5. The molecule has 4 rings (SSSR count). The smallest absolute Gasteiger partial charge is 0.307 e. The molecule has 2 aromatic carbocycles. The molecular weight excluding hydrogens is 406 g/mol. The van der Waals surface area contributed by atoms with Crippen LogP contribution in [0.25, 0.3) is 11.5 Å². The van der Waals surface area contributed by atoms with Gasteiger partial charge in [0.15, 0.2) is 0 Å². The maximum absolute atomic E-state index is 13.1. The van der Waals surface area contributed by atoms with Crippen molar-refractivity contribution in [3.63, 3.8) is 0 Å². The summed E-state index contributed by atoms with van der Waals surface area (Å²) >= 11 is 0. The molecule has 1 aromatic heterocycles. The molecule has 0 bridgehead atoms. The van der Waals surface area contributed by atoms with Crippen molar-refractivity contribution in [2.45, 2.75) is 45.1 Å². The molecule has 0 spiro atoms. The van der Waals surface area contributed by atoms with E-state index in [9.17, 15) is 9.59 Å². The summed E-state index contributed by atoms with van der Waals surface area (Å²) in [6, 6.07) is 16.9. The minimum atomic E-state index is -0.937. The lowest BCUT2D eigenvalue weighted by Crippen LogP contribution is -2.40. The molecule has 3 aromatic rings. The summed E-state index contributed by atoms with van der Waals surface area (Å²) in [4.78, 5) is 27.5. The second-order valence-electron chi connectivity index (χ2n) is 8.03. The molecule has 1 atom stereocenters. The van der Waals surface area contributed by atoms with Gasteiger partial charge in [-0.2, -0.15) is 0 Å². The van der Waals surface area contributed by atoms with E-state index in [0.717, 1.165) is 30.4 Å². The molecule has 7 heteroatoms. The number of aryl methyl sites for hydroxylation is 2. The van der Waals surface area contributed by atoms with Crippen molar-refractivity contribution in [2.75, 3.05) is 13.1 Å². The van der Waals surface area contributed by atoms with Crippen molar-refractivity contribution in [1.29, 1.82) is 0 Å². The van der Waals surface area contributed by atoms with Crippen LogP contribution in [0.1, 0.15) is 48.8 Å². The van der Waals surface area contributed by atoms with Gasteiger partial charge in [0.05, 0.1) is 6.42 Å². The molecule has 32 heavy (non-hydrogen) atoms. The molecule has 1 fully saturated rings. The molecule has 0 aliphatic carbocycles. The van der Waals surface area contributed by atoms with E-state index >= 15 is 0 Å². The van der Waals surface area contributed by atoms with Gasteiger partial charge in [-0.1, -0.05) is 48.0 Å². The summed E-state index contributed by atoms with van der Waals surface area (Å²) < 4.78 is 11.3. The van der Waals surface area contributed by atoms with Gasteiger partial charge in [0.25, 0.3) is 5.91 Å². The Balaban J connectivity index is 1.39. The first-order valence-corrected chi connectivity index (χ1v) is 11.0. The normalized spacial score (nSPS) is 14.7. The van der Waals surface area contributed by atoms with Crippen LogP contribution in [0.3, 0.4) is 0 Å². The Hall–Kier alpha value is -3.48. The zero-order valence-electron chi connectivity index (χ0n) is 18.2. The van der Waals surface area contributed by atoms with Gasteiger partial charge in [-0.3, -0.25) is 9.59 Å². The Bertz CT molecular complexity index is 1040. The zero-order valence-corrected chi connectivity index (χ0v) is 18.2. The van der Waals surface area contributed by atoms with Gasteiger partial charge in [0.2, 0.25) is 17.9 Å². The summed E-state index contributed by atoms with van der Waals surface area (Å²) in [7, 11) is 0. The summed E-state index contributed by atoms with van der Waals surface area (Å²) in [5.74, 6) is 0.134. The summed E-state index contributed by atoms with van der Waals surface area (Å²) in [5.41, 5.74) is 2.65.